The van der Waals surface area contributed by atoms with Crippen LogP contribution in [-0.4, -0.2) is 38.0 Å². The number of hydrogen-bond acceptors (Lipinski definition) is 6. The van der Waals surface area contributed by atoms with Crippen LogP contribution in [0.25, 0.3) is 11.0 Å². The number of aromatic nitrogens is 2. The molecule has 1 saturated heterocycles. The summed E-state index contributed by atoms with van der Waals surface area (Å²) in [4.78, 5) is 39.0. The van der Waals surface area contributed by atoms with E-state index in [2.05, 4.69) is 19.4 Å². The van der Waals surface area contributed by atoms with Crippen LogP contribution < -0.4 is 10.6 Å². The van der Waals surface area contributed by atoms with E-state index >= 15 is 0 Å². The van der Waals surface area contributed by atoms with Crippen molar-refractivity contribution in [3.05, 3.63) is 54.1 Å². The van der Waals surface area contributed by atoms with Gasteiger partial charge in [-0.05, 0) is 24.1 Å². The molecule has 1 atom stereocenters. The molecule has 4 rings (SSSR count). The average Bonchev–Trinajstić information content (AvgIpc) is 3.28. The third-order valence-electron chi connectivity index (χ3n) is 4.83. The van der Waals surface area contributed by atoms with Crippen molar-refractivity contribution in [3.63, 3.8) is 0 Å². The lowest BCUT2D eigenvalue weighted by atomic mass is 9.87. The van der Waals surface area contributed by atoms with Gasteiger partial charge in [-0.15, -0.1) is 0 Å². The van der Waals surface area contributed by atoms with E-state index in [4.69, 9.17) is 0 Å². The summed E-state index contributed by atoms with van der Waals surface area (Å²) in [6.45, 7) is 1.44. The Hall–Kier alpha value is -3.33. The van der Waals surface area contributed by atoms with Crippen molar-refractivity contribution >= 4 is 46.3 Å². The first kappa shape index (κ1) is 18.1. The van der Waals surface area contributed by atoms with Gasteiger partial charge >= 0.3 is 6.03 Å². The molecule has 1 aromatic heterocycles. The third-order valence-corrected chi connectivity index (χ3v) is 5.38. The second kappa shape index (κ2) is 7.01. The molecule has 2 N–H and O–H groups in total. The fourth-order valence-electron chi connectivity index (χ4n) is 3.37. The molecule has 142 valence electrons. The molecule has 2 aromatic carbocycles. The fourth-order valence-corrected chi connectivity index (χ4v) is 3.92. The number of anilines is 1. The highest BCUT2D eigenvalue weighted by Crippen LogP contribution is 2.32. The van der Waals surface area contributed by atoms with Gasteiger partial charge < -0.3 is 10.6 Å². The summed E-state index contributed by atoms with van der Waals surface area (Å²) in [7, 11) is 0. The van der Waals surface area contributed by atoms with Crippen LogP contribution in [0.1, 0.15) is 18.9 Å². The van der Waals surface area contributed by atoms with Crippen molar-refractivity contribution in [2.45, 2.75) is 18.9 Å². The van der Waals surface area contributed by atoms with Crippen LogP contribution in [-0.2, 0) is 15.1 Å². The first-order valence-electron chi connectivity index (χ1n) is 8.76. The number of nitrogens with one attached hydrogen (secondary N) is 2. The van der Waals surface area contributed by atoms with Crippen LogP contribution in [0.2, 0.25) is 0 Å². The van der Waals surface area contributed by atoms with Gasteiger partial charge in [0.15, 0.2) is 0 Å². The van der Waals surface area contributed by atoms with Crippen LogP contribution in [0.3, 0.4) is 0 Å². The SMILES string of the molecule is CC[C@]1(c2ccccc2)NC(=O)N(CC(=O)Nc2cccc3nsnc23)C1=O. The zero-order valence-corrected chi connectivity index (χ0v) is 15.8. The highest BCUT2D eigenvalue weighted by molar-refractivity contribution is 7.00. The fraction of sp³-hybridized carbons (Fsp3) is 0.211. The van der Waals surface area contributed by atoms with E-state index in [1.54, 1.807) is 30.3 Å². The smallest absolute Gasteiger partial charge is 0.323 e. The van der Waals surface area contributed by atoms with Gasteiger partial charge in [0.25, 0.3) is 5.91 Å². The Morgan fingerprint density at radius 1 is 1.14 bits per heavy atom. The molecule has 1 fully saturated rings. The minimum Gasteiger partial charge on any atom is -0.323 e. The van der Waals surface area contributed by atoms with Crippen molar-refractivity contribution in [2.75, 3.05) is 11.9 Å². The Morgan fingerprint density at radius 3 is 2.68 bits per heavy atom. The van der Waals surface area contributed by atoms with Gasteiger partial charge in [-0.1, -0.05) is 43.3 Å². The molecule has 0 spiro atoms. The lowest BCUT2D eigenvalue weighted by Crippen LogP contribution is -2.44. The van der Waals surface area contributed by atoms with Crippen molar-refractivity contribution in [1.82, 2.24) is 19.0 Å². The number of urea groups is 1. The molecule has 1 aliphatic rings. The maximum absolute atomic E-state index is 13.1. The molecular weight excluding hydrogens is 378 g/mol. The van der Waals surface area contributed by atoms with E-state index in [0.29, 0.717) is 28.7 Å². The van der Waals surface area contributed by atoms with E-state index in [9.17, 15) is 14.4 Å². The van der Waals surface area contributed by atoms with Gasteiger partial charge in [0.1, 0.15) is 23.1 Å². The molecule has 0 unspecified atom stereocenters. The summed E-state index contributed by atoms with van der Waals surface area (Å²) in [5, 5.41) is 5.48. The number of carbonyl (C=O) groups excluding carboxylic acids is 3. The van der Waals surface area contributed by atoms with E-state index < -0.39 is 23.4 Å². The molecule has 4 amide bonds. The van der Waals surface area contributed by atoms with Crippen molar-refractivity contribution in [2.24, 2.45) is 0 Å². The molecule has 3 aromatic rings. The normalized spacial score (nSPS) is 19.1. The first-order chi connectivity index (χ1) is 13.5. The number of carbonyl (C=O) groups is 3. The van der Waals surface area contributed by atoms with Gasteiger partial charge in [-0.25, -0.2) is 4.79 Å². The molecule has 28 heavy (non-hydrogen) atoms. The molecular formula is C19H17N5O3S. The van der Waals surface area contributed by atoms with Crippen LogP contribution in [0.5, 0.6) is 0 Å². The summed E-state index contributed by atoms with van der Waals surface area (Å²) >= 11 is 1.05. The van der Waals surface area contributed by atoms with Crippen molar-refractivity contribution in [1.29, 1.82) is 0 Å². The highest BCUT2D eigenvalue weighted by atomic mass is 32.1. The van der Waals surface area contributed by atoms with Crippen molar-refractivity contribution in [3.8, 4) is 0 Å². The minimum atomic E-state index is -1.16. The summed E-state index contributed by atoms with van der Waals surface area (Å²) in [6, 6.07) is 13.7. The zero-order valence-electron chi connectivity index (χ0n) is 15.0. The monoisotopic (exact) mass is 395 g/mol. The number of nitrogens with zero attached hydrogens (tertiary/aromatic N) is 3. The Labute approximate surface area is 164 Å². The maximum atomic E-state index is 13.1. The van der Waals surface area contributed by atoms with Crippen molar-refractivity contribution < 1.29 is 14.4 Å². The number of imide groups is 1. The van der Waals surface area contributed by atoms with Gasteiger partial charge in [0.05, 0.1) is 17.4 Å². The quantitative estimate of drug-likeness (QED) is 0.646. The highest BCUT2D eigenvalue weighted by Gasteiger charge is 2.51. The predicted molar refractivity (Wildman–Crippen MR) is 105 cm³/mol. The van der Waals surface area contributed by atoms with Gasteiger partial charge in [-0.3, -0.25) is 14.5 Å². The molecule has 0 aliphatic carbocycles. The molecule has 2 heterocycles. The Morgan fingerprint density at radius 2 is 1.93 bits per heavy atom. The number of benzene rings is 2. The summed E-state index contributed by atoms with van der Waals surface area (Å²) < 4.78 is 8.29. The molecule has 0 bridgehead atoms. The number of hydrogen-bond donors (Lipinski definition) is 2. The van der Waals surface area contributed by atoms with E-state index in [1.165, 1.54) is 0 Å². The summed E-state index contributed by atoms with van der Waals surface area (Å²) in [5.74, 6) is -0.918. The first-order valence-corrected chi connectivity index (χ1v) is 9.49. The number of fused-ring (bicyclic) bond motifs is 1. The average molecular weight is 395 g/mol. The van der Waals surface area contributed by atoms with Gasteiger partial charge in [0, 0.05) is 0 Å². The summed E-state index contributed by atoms with van der Waals surface area (Å²) in [5.41, 5.74) is 1.28. The molecule has 1 aliphatic heterocycles. The molecule has 0 saturated carbocycles. The third kappa shape index (κ3) is 2.89. The predicted octanol–water partition coefficient (Wildman–Crippen LogP) is 2.49. The number of amides is 4. The van der Waals surface area contributed by atoms with E-state index in [1.807, 2.05) is 25.1 Å². The largest absolute Gasteiger partial charge is 0.325 e. The Bertz CT molecular complexity index is 1070. The van der Waals surface area contributed by atoms with Crippen LogP contribution >= 0.6 is 11.7 Å². The van der Waals surface area contributed by atoms with Gasteiger partial charge in [0.2, 0.25) is 5.91 Å². The topological polar surface area (TPSA) is 104 Å². The van der Waals surface area contributed by atoms with Crippen LogP contribution in [0.4, 0.5) is 10.5 Å². The molecule has 8 nitrogen and oxygen atoms in total. The zero-order chi connectivity index (χ0) is 19.7. The molecule has 9 heteroatoms. The van der Waals surface area contributed by atoms with E-state index in [0.717, 1.165) is 16.6 Å². The second-order valence-electron chi connectivity index (χ2n) is 6.43. The van der Waals surface area contributed by atoms with E-state index in [-0.39, 0.29) is 6.54 Å². The van der Waals surface area contributed by atoms with Crippen LogP contribution in [0.15, 0.2) is 48.5 Å². The lowest BCUT2D eigenvalue weighted by Gasteiger charge is -2.25. The number of rotatable bonds is 5. The van der Waals surface area contributed by atoms with Gasteiger partial charge in [-0.2, -0.15) is 8.75 Å². The summed E-state index contributed by atoms with van der Waals surface area (Å²) in [6.07, 6.45) is 0.378. The Balaban J connectivity index is 1.55. The molecule has 0 radical (unpaired) electrons. The lowest BCUT2D eigenvalue weighted by molar-refractivity contribution is -0.134. The standard InChI is InChI=1S/C19H17N5O3S/c1-2-19(12-7-4-3-5-8-12)17(26)24(18(27)21-19)11-15(25)20-13-9-6-10-14-16(13)23-28-22-14/h3-10H,2,11H2,1H3,(H,20,25)(H,21,27)/t19-/m1/s1. The Kier molecular flexibility index (Phi) is 4.52. The second-order valence-corrected chi connectivity index (χ2v) is 6.96. The maximum Gasteiger partial charge on any atom is 0.325 e. The minimum absolute atomic E-state index is 0.378. The van der Waals surface area contributed by atoms with Crippen LogP contribution in [0, 0.1) is 0 Å².